The Morgan fingerprint density at radius 1 is 0.569 bits per heavy atom. The molecule has 0 bridgehead atoms. The van der Waals surface area contributed by atoms with Gasteiger partial charge in [0.25, 0.3) is 5.78 Å². The predicted octanol–water partition coefficient (Wildman–Crippen LogP) is 17.6. The largest absolute Gasteiger partial charge is 0.507 e. The van der Waals surface area contributed by atoms with Crippen LogP contribution in [0.2, 0.25) is 0 Å². The van der Waals surface area contributed by atoms with Crippen LogP contribution in [0.25, 0.3) is 117 Å². The molecule has 1 N–H and O–H groups in total. The number of fused-ring (bicyclic) bond motifs is 10. The van der Waals surface area contributed by atoms with E-state index in [2.05, 4.69) is 184 Å². The summed E-state index contributed by atoms with van der Waals surface area (Å²) in [5, 5.41) is 17.2. The molecule has 8 heteroatoms. The maximum atomic E-state index is 12.6. The average molecular weight is 1130 g/mol. The normalized spacial score (nSPS) is 12.6. The second kappa shape index (κ2) is 16.7. The molecule has 0 saturated heterocycles. The summed E-state index contributed by atoms with van der Waals surface area (Å²) in [7, 11) is 0. The Bertz CT molecular complexity index is 4150. The molecule has 0 aliphatic heterocycles. The zero-order valence-electron chi connectivity index (χ0n) is 42.5. The number of phenolic OH excluding ortho intramolecular Hbond substituents is 1. The third kappa shape index (κ3) is 7.67. The molecule has 0 radical (unpaired) electrons. The number of hydrogen-bond donors (Lipinski definition) is 1. The summed E-state index contributed by atoms with van der Waals surface area (Å²) >= 11 is 0. The Labute approximate surface area is 433 Å². The fraction of sp³-hybridized carbons (Fsp3) is 0.219. The van der Waals surface area contributed by atoms with Gasteiger partial charge in [0.1, 0.15) is 28.3 Å². The Hall–Kier alpha value is -7.21. The third-order valence-electron chi connectivity index (χ3n) is 14.3. The minimum absolute atomic E-state index is 0. The first kappa shape index (κ1) is 47.1. The number of phenols is 1. The number of furan rings is 3. The standard InChI is InChI=1S/C64H56N3O4.Pt/c1-35-27-36(2)55-43-20-17-38(31-53(43)69-54(55)28-35)39-25-26-65-48(30-39)40-18-23-51-45(29-40)56-57-52(71-61(56)70-51)24-22-50-58(57)66-60(46-33-42(63(6,7)8)34-47(59(46)68)64(9,10)11)67(50)49-21-19-41(62(3,4)5)32-44(49)37-15-13-12-14-16-37;/h12-28,30-34,68H,1-11H3;/q-1;. The molecule has 12 aromatic rings. The van der Waals surface area contributed by atoms with Crippen LogP contribution < -0.4 is 0 Å². The molecule has 7 nitrogen and oxygen atoms in total. The van der Waals surface area contributed by atoms with Crippen molar-refractivity contribution in [1.82, 2.24) is 14.5 Å². The van der Waals surface area contributed by atoms with Crippen molar-refractivity contribution in [3.8, 4) is 56.3 Å². The average Bonchev–Trinajstić information content (AvgIpc) is 4.09. The number of hydrogen-bond acceptors (Lipinski definition) is 6. The molecule has 0 aliphatic rings. The summed E-state index contributed by atoms with van der Waals surface area (Å²) in [4.78, 5) is 10.5. The van der Waals surface area contributed by atoms with Crippen LogP contribution >= 0.6 is 0 Å². The van der Waals surface area contributed by atoms with E-state index in [9.17, 15) is 5.11 Å². The molecule has 12 rings (SSSR count). The summed E-state index contributed by atoms with van der Waals surface area (Å²) in [6.07, 6.45) is 1.85. The fourth-order valence-electron chi connectivity index (χ4n) is 10.5. The number of rotatable bonds is 5. The number of aromatic hydroxyl groups is 1. The van der Waals surface area contributed by atoms with Gasteiger partial charge < -0.3 is 18.4 Å². The fourth-order valence-corrected chi connectivity index (χ4v) is 10.5. The van der Waals surface area contributed by atoms with Crippen LogP contribution in [0.4, 0.5) is 0 Å². The van der Waals surface area contributed by atoms with Gasteiger partial charge >= 0.3 is 0 Å². The van der Waals surface area contributed by atoms with Gasteiger partial charge in [-0.25, -0.2) is 4.98 Å². The first-order valence-corrected chi connectivity index (χ1v) is 24.5. The molecule has 72 heavy (non-hydrogen) atoms. The van der Waals surface area contributed by atoms with Gasteiger partial charge in [0.2, 0.25) is 0 Å². The van der Waals surface area contributed by atoms with E-state index in [-0.39, 0.29) is 43.1 Å². The maximum Gasteiger partial charge on any atom is 0.254 e. The van der Waals surface area contributed by atoms with Gasteiger partial charge in [-0.2, -0.15) is 0 Å². The first-order chi connectivity index (χ1) is 33.8. The number of aromatic nitrogens is 3. The van der Waals surface area contributed by atoms with Crippen molar-refractivity contribution in [3.05, 3.63) is 167 Å². The van der Waals surface area contributed by atoms with Gasteiger partial charge in [-0.1, -0.05) is 140 Å². The SMILES string of the molecule is Cc1cc(C)c2c(c1)oc1cc(-c3ccnc(-c4[c-]c5c(cc4)oc4oc6ccc7c(nc(-c8cc(C(C)(C)C)cc(C(C)(C)C)c8O)n7-c7ccc(C(C)(C)C)cc7-c7ccccc7)c6c45)c3)ccc12.[Pt]. The van der Waals surface area contributed by atoms with Crippen molar-refractivity contribution < 1.29 is 39.4 Å². The Kier molecular flexibility index (Phi) is 10.9. The van der Waals surface area contributed by atoms with E-state index in [1.54, 1.807) is 0 Å². The molecule has 362 valence electrons. The zero-order valence-corrected chi connectivity index (χ0v) is 44.8. The van der Waals surface area contributed by atoms with Gasteiger partial charge in [-0.3, -0.25) is 9.55 Å². The Morgan fingerprint density at radius 3 is 2.04 bits per heavy atom. The van der Waals surface area contributed by atoms with Gasteiger partial charge in [0.05, 0.1) is 27.9 Å². The van der Waals surface area contributed by atoms with Crippen LogP contribution in [0.3, 0.4) is 0 Å². The second-order valence-corrected chi connectivity index (χ2v) is 22.5. The monoisotopic (exact) mass is 1130 g/mol. The van der Waals surface area contributed by atoms with E-state index in [4.69, 9.17) is 23.2 Å². The molecule has 0 aliphatic carbocycles. The van der Waals surface area contributed by atoms with Crippen molar-refractivity contribution in [2.24, 2.45) is 0 Å². The van der Waals surface area contributed by atoms with Crippen LogP contribution in [-0.4, -0.2) is 19.6 Å². The summed E-state index contributed by atoms with van der Waals surface area (Å²) in [5.41, 5.74) is 16.9. The predicted molar refractivity (Wildman–Crippen MR) is 291 cm³/mol. The molecule has 0 saturated carbocycles. The first-order valence-electron chi connectivity index (χ1n) is 24.5. The van der Waals surface area contributed by atoms with E-state index in [1.165, 1.54) is 16.7 Å². The number of aryl methyl sites for hydroxylation is 2. The molecule has 5 aromatic heterocycles. The summed E-state index contributed by atoms with van der Waals surface area (Å²) in [5.74, 6) is 1.24. The van der Waals surface area contributed by atoms with E-state index in [0.29, 0.717) is 28.3 Å². The van der Waals surface area contributed by atoms with E-state index >= 15 is 0 Å². The summed E-state index contributed by atoms with van der Waals surface area (Å²) in [6, 6.07) is 48.2. The molecular formula is C64H56N3O4Pt-. The van der Waals surface area contributed by atoms with Crippen molar-refractivity contribution in [3.63, 3.8) is 0 Å². The second-order valence-electron chi connectivity index (χ2n) is 22.5. The molecule has 0 atom stereocenters. The third-order valence-corrected chi connectivity index (χ3v) is 14.3. The molecular weight excluding hydrogens is 1070 g/mol. The maximum absolute atomic E-state index is 12.6. The summed E-state index contributed by atoms with van der Waals surface area (Å²) < 4.78 is 21.7. The molecule has 5 heterocycles. The van der Waals surface area contributed by atoms with Gasteiger partial charge in [0, 0.05) is 65.6 Å². The molecule has 0 unspecified atom stereocenters. The van der Waals surface area contributed by atoms with Crippen LogP contribution in [0.5, 0.6) is 5.75 Å². The van der Waals surface area contributed by atoms with Gasteiger partial charge in [0.15, 0.2) is 0 Å². The minimum Gasteiger partial charge on any atom is -0.507 e. The smallest absolute Gasteiger partial charge is 0.254 e. The van der Waals surface area contributed by atoms with Crippen molar-refractivity contribution in [2.75, 3.05) is 0 Å². The number of imidazole rings is 1. The van der Waals surface area contributed by atoms with E-state index < -0.39 is 0 Å². The quantitative estimate of drug-likeness (QED) is 0.173. The molecule has 0 fully saturated rings. The summed E-state index contributed by atoms with van der Waals surface area (Å²) in [6.45, 7) is 24.1. The van der Waals surface area contributed by atoms with Crippen molar-refractivity contribution in [2.45, 2.75) is 92.4 Å². The number of nitrogens with zero attached hydrogens (tertiary/aromatic N) is 3. The Morgan fingerprint density at radius 2 is 1.29 bits per heavy atom. The van der Waals surface area contributed by atoms with Crippen molar-refractivity contribution >= 4 is 66.1 Å². The number of pyridine rings is 1. The van der Waals surface area contributed by atoms with Crippen molar-refractivity contribution in [1.29, 1.82) is 0 Å². The van der Waals surface area contributed by atoms with Crippen LogP contribution in [-0.2, 0) is 37.3 Å². The topological polar surface area (TPSA) is 90.4 Å². The van der Waals surface area contributed by atoms with Gasteiger partial charge in [-0.15, -0.1) is 12.1 Å². The van der Waals surface area contributed by atoms with Crippen LogP contribution in [0.15, 0.2) is 147 Å². The minimum atomic E-state index is -0.358. The van der Waals surface area contributed by atoms with Crippen LogP contribution in [0, 0.1) is 19.9 Å². The van der Waals surface area contributed by atoms with Crippen LogP contribution in [0.1, 0.15) is 90.1 Å². The molecule has 7 aromatic carbocycles. The zero-order chi connectivity index (χ0) is 49.5. The molecule has 0 amide bonds. The molecule has 0 spiro atoms. The van der Waals surface area contributed by atoms with Gasteiger partial charge in [-0.05, 0) is 124 Å². The van der Waals surface area contributed by atoms with E-state index in [1.807, 2.05) is 36.5 Å². The Balaban J connectivity index is 0.00000560. The number of benzene rings is 7. The van der Waals surface area contributed by atoms with E-state index in [0.717, 1.165) is 99.5 Å².